The molecule has 0 bridgehead atoms. The van der Waals surface area contributed by atoms with E-state index < -0.39 is 0 Å². The molecular formula is C16H16ClNO2. The van der Waals surface area contributed by atoms with Crippen molar-refractivity contribution in [3.05, 3.63) is 58.6 Å². The van der Waals surface area contributed by atoms with Gasteiger partial charge in [-0.2, -0.15) is 0 Å². The fourth-order valence-electron chi connectivity index (χ4n) is 2.08. The number of carbonyl (C=O) groups excluding carboxylic acids is 1. The Kier molecular flexibility index (Phi) is 4.64. The van der Waals surface area contributed by atoms with Crippen molar-refractivity contribution < 1.29 is 9.53 Å². The van der Waals surface area contributed by atoms with Crippen LogP contribution in [-0.4, -0.2) is 20.4 Å². The van der Waals surface area contributed by atoms with Crippen LogP contribution in [0, 0.1) is 0 Å². The van der Waals surface area contributed by atoms with Crippen molar-refractivity contribution >= 4 is 23.6 Å². The molecule has 2 rings (SSSR count). The van der Waals surface area contributed by atoms with Gasteiger partial charge in [-0.15, -0.1) is 0 Å². The number of aldehydes is 1. The summed E-state index contributed by atoms with van der Waals surface area (Å²) in [7, 11) is 3.57. The Bertz CT molecular complexity index is 613. The van der Waals surface area contributed by atoms with E-state index in [-0.39, 0.29) is 0 Å². The number of rotatable bonds is 5. The first kappa shape index (κ1) is 14.4. The van der Waals surface area contributed by atoms with Gasteiger partial charge in [-0.05, 0) is 35.9 Å². The Hall–Kier alpha value is -2.00. The zero-order valence-corrected chi connectivity index (χ0v) is 12.2. The van der Waals surface area contributed by atoms with Crippen molar-refractivity contribution in [1.82, 2.24) is 0 Å². The van der Waals surface area contributed by atoms with Crippen molar-refractivity contribution in [3.8, 4) is 5.75 Å². The number of ether oxygens (including phenoxy) is 1. The van der Waals surface area contributed by atoms with Crippen molar-refractivity contribution in [2.75, 3.05) is 19.1 Å². The first-order valence-corrected chi connectivity index (χ1v) is 6.60. The second kappa shape index (κ2) is 6.44. The van der Waals surface area contributed by atoms with Crippen LogP contribution in [0.1, 0.15) is 15.9 Å². The minimum Gasteiger partial charge on any atom is -0.497 e. The van der Waals surface area contributed by atoms with Gasteiger partial charge in [0.15, 0.2) is 6.29 Å². The van der Waals surface area contributed by atoms with Crippen LogP contribution in [-0.2, 0) is 6.54 Å². The summed E-state index contributed by atoms with van der Waals surface area (Å²) < 4.78 is 5.21. The predicted octanol–water partition coefficient (Wildman–Crippen LogP) is 3.80. The molecule has 0 radical (unpaired) electrons. The van der Waals surface area contributed by atoms with Crippen molar-refractivity contribution in [2.24, 2.45) is 0 Å². The lowest BCUT2D eigenvalue weighted by Gasteiger charge is -2.21. The second-order valence-corrected chi connectivity index (χ2v) is 4.97. The van der Waals surface area contributed by atoms with Crippen molar-refractivity contribution in [1.29, 1.82) is 0 Å². The molecule has 2 aromatic rings. The Morgan fingerprint density at radius 3 is 2.75 bits per heavy atom. The summed E-state index contributed by atoms with van der Waals surface area (Å²) in [4.78, 5) is 13.1. The van der Waals surface area contributed by atoms with Gasteiger partial charge in [0.2, 0.25) is 0 Å². The third-order valence-electron chi connectivity index (χ3n) is 3.08. The summed E-state index contributed by atoms with van der Waals surface area (Å²) in [6, 6.07) is 13.1. The van der Waals surface area contributed by atoms with Gasteiger partial charge in [0.1, 0.15) is 5.75 Å². The highest BCUT2D eigenvalue weighted by Crippen LogP contribution is 2.25. The molecule has 0 spiro atoms. The van der Waals surface area contributed by atoms with Crippen LogP contribution < -0.4 is 9.64 Å². The lowest BCUT2D eigenvalue weighted by molar-refractivity contribution is 0.112. The molecule has 20 heavy (non-hydrogen) atoms. The lowest BCUT2D eigenvalue weighted by atomic mass is 10.1. The average Bonchev–Trinajstić information content (AvgIpc) is 2.47. The number of anilines is 1. The highest BCUT2D eigenvalue weighted by Gasteiger charge is 2.09. The zero-order chi connectivity index (χ0) is 14.5. The lowest BCUT2D eigenvalue weighted by Crippen LogP contribution is -2.18. The van der Waals surface area contributed by atoms with Gasteiger partial charge >= 0.3 is 0 Å². The van der Waals surface area contributed by atoms with Crippen molar-refractivity contribution in [2.45, 2.75) is 6.54 Å². The molecule has 2 aromatic carbocycles. The van der Waals surface area contributed by atoms with Crippen molar-refractivity contribution in [3.63, 3.8) is 0 Å². The third-order valence-corrected chi connectivity index (χ3v) is 3.32. The normalized spacial score (nSPS) is 10.2. The fourth-order valence-corrected chi connectivity index (χ4v) is 2.24. The zero-order valence-electron chi connectivity index (χ0n) is 11.5. The molecular weight excluding hydrogens is 274 g/mol. The Morgan fingerprint density at radius 2 is 2.05 bits per heavy atom. The maximum absolute atomic E-state index is 11.1. The number of carbonyl (C=O) groups is 1. The number of halogens is 1. The topological polar surface area (TPSA) is 29.5 Å². The highest BCUT2D eigenvalue weighted by atomic mass is 35.5. The summed E-state index contributed by atoms with van der Waals surface area (Å²) in [5, 5.41) is 0.614. The largest absolute Gasteiger partial charge is 0.497 e. The van der Waals surface area contributed by atoms with E-state index in [1.54, 1.807) is 25.3 Å². The van der Waals surface area contributed by atoms with E-state index in [2.05, 4.69) is 0 Å². The molecule has 0 aromatic heterocycles. The van der Waals surface area contributed by atoms with E-state index in [4.69, 9.17) is 16.3 Å². The second-order valence-electron chi connectivity index (χ2n) is 4.53. The Labute approximate surface area is 123 Å². The summed E-state index contributed by atoms with van der Waals surface area (Å²) in [5.74, 6) is 0.817. The predicted molar refractivity (Wildman–Crippen MR) is 81.9 cm³/mol. The van der Waals surface area contributed by atoms with Gasteiger partial charge in [-0.3, -0.25) is 4.79 Å². The van der Waals surface area contributed by atoms with Gasteiger partial charge in [0.05, 0.1) is 7.11 Å². The van der Waals surface area contributed by atoms with Gasteiger partial charge in [0, 0.05) is 29.9 Å². The van der Waals surface area contributed by atoms with E-state index >= 15 is 0 Å². The van der Waals surface area contributed by atoms with E-state index in [1.165, 1.54) is 0 Å². The third kappa shape index (κ3) is 3.31. The SMILES string of the molecule is COc1cccc(CN(C)c2cc(Cl)ccc2C=O)c1. The molecule has 0 aliphatic rings. The Balaban J connectivity index is 2.25. The maximum Gasteiger partial charge on any atom is 0.152 e. The monoisotopic (exact) mass is 289 g/mol. The highest BCUT2D eigenvalue weighted by molar-refractivity contribution is 6.31. The minimum atomic E-state index is 0.614. The molecule has 0 fully saturated rings. The molecule has 0 aliphatic carbocycles. The molecule has 104 valence electrons. The average molecular weight is 290 g/mol. The van der Waals surface area contributed by atoms with Gasteiger partial charge < -0.3 is 9.64 Å². The molecule has 0 saturated carbocycles. The molecule has 0 unspecified atom stereocenters. The Morgan fingerprint density at radius 1 is 1.25 bits per heavy atom. The number of benzene rings is 2. The molecule has 0 saturated heterocycles. The molecule has 0 atom stereocenters. The van der Waals surface area contributed by atoms with Crippen LogP contribution in [0.4, 0.5) is 5.69 Å². The van der Waals surface area contributed by atoms with Gasteiger partial charge in [0.25, 0.3) is 0 Å². The van der Waals surface area contributed by atoms with E-state index in [9.17, 15) is 4.79 Å². The van der Waals surface area contributed by atoms with E-state index in [0.717, 1.165) is 23.3 Å². The van der Waals surface area contributed by atoms with E-state index in [0.29, 0.717) is 17.1 Å². The van der Waals surface area contributed by atoms with E-state index in [1.807, 2.05) is 36.2 Å². The number of methoxy groups -OCH3 is 1. The maximum atomic E-state index is 11.1. The standard InChI is InChI=1S/C16H16ClNO2/c1-18(10-12-4-3-5-15(8-12)20-2)16-9-14(17)7-6-13(16)11-19/h3-9,11H,10H2,1-2H3. The molecule has 0 N–H and O–H groups in total. The smallest absolute Gasteiger partial charge is 0.152 e. The van der Waals surface area contributed by atoms with Crippen LogP contribution >= 0.6 is 11.6 Å². The quantitative estimate of drug-likeness (QED) is 0.784. The molecule has 4 heteroatoms. The molecule has 3 nitrogen and oxygen atoms in total. The minimum absolute atomic E-state index is 0.614. The number of nitrogens with zero attached hydrogens (tertiary/aromatic N) is 1. The summed E-state index contributed by atoms with van der Waals surface area (Å²) >= 11 is 6.01. The molecule has 0 heterocycles. The number of hydrogen-bond donors (Lipinski definition) is 0. The van der Waals surface area contributed by atoms with Crippen LogP contribution in [0.2, 0.25) is 5.02 Å². The van der Waals surface area contributed by atoms with Crippen LogP contribution in [0.25, 0.3) is 0 Å². The molecule has 0 aliphatic heterocycles. The first-order chi connectivity index (χ1) is 9.63. The van der Waals surface area contributed by atoms with Gasteiger partial charge in [-0.1, -0.05) is 23.7 Å². The first-order valence-electron chi connectivity index (χ1n) is 6.23. The summed E-state index contributed by atoms with van der Waals surface area (Å²) in [6.07, 6.45) is 0.841. The molecule has 0 amide bonds. The van der Waals surface area contributed by atoms with Crippen LogP contribution in [0.15, 0.2) is 42.5 Å². The fraction of sp³-hybridized carbons (Fsp3) is 0.188. The summed E-state index contributed by atoms with van der Waals surface area (Å²) in [5.41, 5.74) is 2.54. The van der Waals surface area contributed by atoms with Crippen LogP contribution in [0.5, 0.6) is 5.75 Å². The van der Waals surface area contributed by atoms with Gasteiger partial charge in [-0.25, -0.2) is 0 Å². The number of hydrogen-bond acceptors (Lipinski definition) is 3. The summed E-state index contributed by atoms with van der Waals surface area (Å²) in [6.45, 7) is 0.665. The van der Waals surface area contributed by atoms with Crippen LogP contribution in [0.3, 0.4) is 0 Å².